The number of para-hydroxylation sites is 3. The van der Waals surface area contributed by atoms with Crippen LogP contribution in [0.2, 0.25) is 0 Å². The third kappa shape index (κ3) is 5.20. The monoisotopic (exact) mass is 360 g/mol. The van der Waals surface area contributed by atoms with Crippen molar-refractivity contribution in [1.82, 2.24) is 4.90 Å². The number of nitrogens with zero attached hydrogens (tertiary/aromatic N) is 1. The van der Waals surface area contributed by atoms with Crippen LogP contribution in [0.15, 0.2) is 48.5 Å². The number of carbonyl (C=O) groups is 2. The summed E-state index contributed by atoms with van der Waals surface area (Å²) in [7, 11) is 1.51. The van der Waals surface area contributed by atoms with Crippen molar-refractivity contribution in [2.45, 2.75) is 6.92 Å². The summed E-state index contributed by atoms with van der Waals surface area (Å²) in [6, 6.07) is 12.8. The van der Waals surface area contributed by atoms with Gasteiger partial charge >= 0.3 is 0 Å². The van der Waals surface area contributed by atoms with Crippen LogP contribution in [0.5, 0.6) is 11.5 Å². The Labute approximate surface area is 151 Å². The molecule has 0 aromatic heterocycles. The van der Waals surface area contributed by atoms with Gasteiger partial charge in [-0.1, -0.05) is 24.3 Å². The van der Waals surface area contributed by atoms with Crippen molar-refractivity contribution in [3.63, 3.8) is 0 Å². The van der Waals surface area contributed by atoms with Gasteiger partial charge in [0, 0.05) is 6.54 Å². The molecule has 0 radical (unpaired) electrons. The first-order valence-corrected chi connectivity index (χ1v) is 8.13. The third-order valence-electron chi connectivity index (χ3n) is 3.64. The van der Waals surface area contributed by atoms with E-state index in [1.807, 2.05) is 0 Å². The number of hydrogen-bond donors (Lipinski definition) is 1. The van der Waals surface area contributed by atoms with E-state index < -0.39 is 11.7 Å². The summed E-state index contributed by atoms with van der Waals surface area (Å²) in [5.41, 5.74) is 0.520. The molecule has 138 valence electrons. The van der Waals surface area contributed by atoms with Crippen LogP contribution in [0.3, 0.4) is 0 Å². The lowest BCUT2D eigenvalue weighted by atomic mass is 10.3. The van der Waals surface area contributed by atoms with Gasteiger partial charge in [-0.2, -0.15) is 0 Å². The maximum atomic E-state index is 13.5. The van der Waals surface area contributed by atoms with Crippen molar-refractivity contribution < 1.29 is 23.5 Å². The summed E-state index contributed by atoms with van der Waals surface area (Å²) in [6.45, 7) is 1.57. The molecule has 1 N–H and O–H groups in total. The predicted molar refractivity (Wildman–Crippen MR) is 95.8 cm³/mol. The molecule has 2 aromatic rings. The second-order valence-electron chi connectivity index (χ2n) is 5.38. The molecule has 0 unspecified atom stereocenters. The van der Waals surface area contributed by atoms with Gasteiger partial charge in [0.1, 0.15) is 5.75 Å². The SMILES string of the molecule is CCN(CC(=O)Nc1ccccc1OC)C(=O)COc1ccccc1F. The van der Waals surface area contributed by atoms with Crippen LogP contribution in [-0.2, 0) is 9.59 Å². The summed E-state index contributed by atoms with van der Waals surface area (Å²) in [5.74, 6) is -0.799. The summed E-state index contributed by atoms with van der Waals surface area (Å²) < 4.78 is 23.9. The molecule has 0 saturated heterocycles. The van der Waals surface area contributed by atoms with Crippen molar-refractivity contribution in [1.29, 1.82) is 0 Å². The number of amides is 2. The zero-order valence-electron chi connectivity index (χ0n) is 14.7. The van der Waals surface area contributed by atoms with Crippen LogP contribution in [-0.4, -0.2) is 43.5 Å². The summed E-state index contributed by atoms with van der Waals surface area (Å²) in [5, 5.41) is 2.71. The third-order valence-corrected chi connectivity index (χ3v) is 3.64. The minimum atomic E-state index is -0.544. The molecule has 0 aliphatic rings. The molecular weight excluding hydrogens is 339 g/mol. The molecule has 0 bridgehead atoms. The first kappa shape index (κ1) is 19.2. The van der Waals surface area contributed by atoms with E-state index in [0.717, 1.165) is 0 Å². The van der Waals surface area contributed by atoms with Crippen molar-refractivity contribution in [2.75, 3.05) is 32.1 Å². The van der Waals surface area contributed by atoms with Crippen LogP contribution >= 0.6 is 0 Å². The molecule has 0 fully saturated rings. The van der Waals surface area contributed by atoms with Crippen LogP contribution < -0.4 is 14.8 Å². The Balaban J connectivity index is 1.92. The zero-order valence-corrected chi connectivity index (χ0v) is 14.7. The van der Waals surface area contributed by atoms with Crippen LogP contribution in [0.25, 0.3) is 0 Å². The number of carbonyl (C=O) groups excluding carboxylic acids is 2. The van der Waals surface area contributed by atoms with Gasteiger partial charge < -0.3 is 19.7 Å². The summed E-state index contributed by atoms with van der Waals surface area (Å²) >= 11 is 0. The number of anilines is 1. The van der Waals surface area contributed by atoms with Gasteiger partial charge in [0.15, 0.2) is 18.2 Å². The van der Waals surface area contributed by atoms with Gasteiger partial charge in [-0.3, -0.25) is 9.59 Å². The number of nitrogens with one attached hydrogen (secondary N) is 1. The van der Waals surface area contributed by atoms with Gasteiger partial charge in [-0.05, 0) is 31.2 Å². The average Bonchev–Trinajstić information content (AvgIpc) is 2.65. The van der Waals surface area contributed by atoms with Crippen molar-refractivity contribution in [3.05, 3.63) is 54.3 Å². The Bertz CT molecular complexity index is 767. The minimum absolute atomic E-state index is 0.00428. The molecule has 2 rings (SSSR count). The van der Waals surface area contributed by atoms with E-state index in [0.29, 0.717) is 18.0 Å². The topological polar surface area (TPSA) is 67.9 Å². The van der Waals surface area contributed by atoms with Crippen molar-refractivity contribution in [2.24, 2.45) is 0 Å². The average molecular weight is 360 g/mol. The Morgan fingerprint density at radius 1 is 1.08 bits per heavy atom. The molecule has 0 aliphatic carbocycles. The lowest BCUT2D eigenvalue weighted by Crippen LogP contribution is -2.40. The number of hydrogen-bond acceptors (Lipinski definition) is 4. The first-order chi connectivity index (χ1) is 12.5. The Kier molecular flexibility index (Phi) is 6.96. The second-order valence-corrected chi connectivity index (χ2v) is 5.38. The fourth-order valence-corrected chi connectivity index (χ4v) is 2.28. The van der Waals surface area contributed by atoms with Gasteiger partial charge in [0.2, 0.25) is 5.91 Å². The normalized spacial score (nSPS) is 10.1. The molecule has 6 nitrogen and oxygen atoms in total. The Hall–Kier alpha value is -3.09. The second kappa shape index (κ2) is 9.41. The highest BCUT2D eigenvalue weighted by atomic mass is 19.1. The van der Waals surface area contributed by atoms with Crippen LogP contribution in [0.1, 0.15) is 6.92 Å². The highest BCUT2D eigenvalue weighted by Gasteiger charge is 2.17. The number of likely N-dealkylation sites (N-methyl/N-ethyl adjacent to an activating group) is 1. The molecule has 2 amide bonds. The number of benzene rings is 2. The number of ether oxygens (including phenoxy) is 2. The van der Waals surface area contributed by atoms with E-state index in [1.165, 1.54) is 30.2 Å². The molecule has 26 heavy (non-hydrogen) atoms. The maximum absolute atomic E-state index is 13.5. The Morgan fingerprint density at radius 2 is 1.73 bits per heavy atom. The Morgan fingerprint density at radius 3 is 2.38 bits per heavy atom. The zero-order chi connectivity index (χ0) is 18.9. The van der Waals surface area contributed by atoms with E-state index in [2.05, 4.69) is 5.32 Å². The molecule has 2 aromatic carbocycles. The predicted octanol–water partition coefficient (Wildman–Crippen LogP) is 2.70. The smallest absolute Gasteiger partial charge is 0.260 e. The van der Waals surface area contributed by atoms with Gasteiger partial charge in [0.25, 0.3) is 5.91 Å². The summed E-state index contributed by atoms with van der Waals surface area (Å²) in [6.07, 6.45) is 0. The van der Waals surface area contributed by atoms with Crippen molar-refractivity contribution >= 4 is 17.5 Å². The molecular formula is C19H21FN2O4. The molecule has 0 spiro atoms. The maximum Gasteiger partial charge on any atom is 0.260 e. The largest absolute Gasteiger partial charge is 0.495 e. The van der Waals surface area contributed by atoms with E-state index >= 15 is 0 Å². The minimum Gasteiger partial charge on any atom is -0.495 e. The molecule has 0 aliphatic heterocycles. The highest BCUT2D eigenvalue weighted by molar-refractivity contribution is 5.95. The number of halogens is 1. The quantitative estimate of drug-likeness (QED) is 0.786. The lowest BCUT2D eigenvalue weighted by Gasteiger charge is -2.21. The summed E-state index contributed by atoms with van der Waals surface area (Å²) in [4.78, 5) is 25.8. The molecule has 0 saturated carbocycles. The standard InChI is InChI=1S/C19H21FN2O4/c1-3-22(19(24)13-26-16-10-6-4-8-14(16)20)12-18(23)21-15-9-5-7-11-17(15)25-2/h4-11H,3,12-13H2,1-2H3,(H,21,23). The van der Waals surface area contributed by atoms with Gasteiger partial charge in [0.05, 0.1) is 19.3 Å². The molecule has 0 atom stereocenters. The van der Waals surface area contributed by atoms with Gasteiger partial charge in [-0.15, -0.1) is 0 Å². The van der Waals surface area contributed by atoms with Crippen molar-refractivity contribution in [3.8, 4) is 11.5 Å². The fraction of sp³-hybridized carbons (Fsp3) is 0.263. The van der Waals surface area contributed by atoms with E-state index in [-0.39, 0.29) is 24.8 Å². The van der Waals surface area contributed by atoms with E-state index in [9.17, 15) is 14.0 Å². The molecule has 7 heteroatoms. The molecule has 0 heterocycles. The fourth-order valence-electron chi connectivity index (χ4n) is 2.28. The first-order valence-electron chi connectivity index (χ1n) is 8.13. The van der Waals surface area contributed by atoms with E-state index in [1.54, 1.807) is 37.3 Å². The highest BCUT2D eigenvalue weighted by Crippen LogP contribution is 2.22. The van der Waals surface area contributed by atoms with Gasteiger partial charge in [-0.25, -0.2) is 4.39 Å². The lowest BCUT2D eigenvalue weighted by molar-refractivity contribution is -0.136. The number of methoxy groups -OCH3 is 1. The van der Waals surface area contributed by atoms with Crippen LogP contribution in [0, 0.1) is 5.82 Å². The number of rotatable bonds is 8. The van der Waals surface area contributed by atoms with E-state index in [4.69, 9.17) is 9.47 Å². The van der Waals surface area contributed by atoms with Crippen LogP contribution in [0.4, 0.5) is 10.1 Å².